The zero-order valence-corrected chi connectivity index (χ0v) is 8.93. The summed E-state index contributed by atoms with van der Waals surface area (Å²) in [6, 6.07) is 10.2. The highest BCUT2D eigenvalue weighted by Crippen LogP contribution is 2.16. The Morgan fingerprint density at radius 1 is 1.33 bits per heavy atom. The van der Waals surface area contributed by atoms with Crippen LogP contribution in [0.4, 0.5) is 0 Å². The molecular weight excluding hydrogens is 188 g/mol. The Labute approximate surface area is 90.5 Å². The Morgan fingerprint density at radius 3 is 2.87 bits per heavy atom. The normalized spacial score (nSPS) is 24.9. The summed E-state index contributed by atoms with van der Waals surface area (Å²) in [5.74, 6) is 0. The van der Waals surface area contributed by atoms with Crippen molar-refractivity contribution in [2.24, 2.45) is 0 Å². The van der Waals surface area contributed by atoms with E-state index >= 15 is 0 Å². The van der Waals surface area contributed by atoms with E-state index in [-0.39, 0.29) is 12.2 Å². The van der Waals surface area contributed by atoms with E-state index in [0.717, 1.165) is 6.42 Å². The molecule has 0 amide bonds. The van der Waals surface area contributed by atoms with Crippen molar-refractivity contribution >= 4 is 0 Å². The van der Waals surface area contributed by atoms with Gasteiger partial charge in [0.2, 0.25) is 0 Å². The summed E-state index contributed by atoms with van der Waals surface area (Å²) in [6.07, 6.45) is 5.03. The smallest absolute Gasteiger partial charge is 0.121 e. The minimum atomic E-state index is 0.152. The van der Waals surface area contributed by atoms with Crippen LogP contribution in [0.25, 0.3) is 0 Å². The first-order valence-electron chi connectivity index (χ1n) is 5.32. The molecule has 0 saturated carbocycles. The third-order valence-electron chi connectivity index (χ3n) is 2.59. The second-order valence-electron chi connectivity index (χ2n) is 3.78. The van der Waals surface area contributed by atoms with Gasteiger partial charge in [0, 0.05) is 0 Å². The summed E-state index contributed by atoms with van der Waals surface area (Å²) in [6.45, 7) is 2.70. The minimum Gasteiger partial charge on any atom is -0.496 e. The molecule has 0 fully saturated rings. The molecule has 1 aliphatic heterocycles. The molecule has 2 rings (SSSR count). The number of benzene rings is 1. The molecule has 1 aromatic rings. The van der Waals surface area contributed by atoms with Gasteiger partial charge in [0.1, 0.15) is 6.10 Å². The number of hydrogen-bond donors (Lipinski definition) is 0. The van der Waals surface area contributed by atoms with Crippen molar-refractivity contribution in [3.05, 3.63) is 48.2 Å². The predicted molar refractivity (Wildman–Crippen MR) is 59.3 cm³/mol. The fourth-order valence-electron chi connectivity index (χ4n) is 1.63. The molecule has 0 saturated heterocycles. The van der Waals surface area contributed by atoms with Gasteiger partial charge in [-0.25, -0.2) is 0 Å². The summed E-state index contributed by atoms with van der Waals surface area (Å²) < 4.78 is 11.2. The molecule has 15 heavy (non-hydrogen) atoms. The summed E-state index contributed by atoms with van der Waals surface area (Å²) in [7, 11) is 0. The van der Waals surface area contributed by atoms with Crippen molar-refractivity contribution in [2.75, 3.05) is 0 Å². The highest BCUT2D eigenvalue weighted by atomic mass is 16.5. The van der Waals surface area contributed by atoms with Crippen LogP contribution in [0.3, 0.4) is 0 Å². The van der Waals surface area contributed by atoms with E-state index in [1.54, 1.807) is 6.26 Å². The molecular formula is C13H16O2. The molecule has 0 unspecified atom stereocenters. The number of ether oxygens (including phenoxy) is 2. The Kier molecular flexibility index (Phi) is 3.41. The first kappa shape index (κ1) is 10.2. The molecule has 1 aliphatic rings. The van der Waals surface area contributed by atoms with Crippen LogP contribution in [0.2, 0.25) is 0 Å². The zero-order chi connectivity index (χ0) is 10.5. The molecule has 0 aromatic heterocycles. The molecule has 80 valence electrons. The maximum atomic E-state index is 5.80. The summed E-state index contributed by atoms with van der Waals surface area (Å²) >= 11 is 0. The van der Waals surface area contributed by atoms with E-state index in [1.807, 2.05) is 31.2 Å². The molecule has 2 nitrogen and oxygen atoms in total. The lowest BCUT2D eigenvalue weighted by Gasteiger charge is -2.25. The standard InChI is InChI=1S/C13H16O2/c1-11-13(8-5-9-14-11)15-10-12-6-3-2-4-7-12/h2-7,9,11,13H,8,10H2,1H3/t11-,13+/m0/s1. The molecule has 2 atom stereocenters. The lowest BCUT2D eigenvalue weighted by atomic mass is 10.1. The van der Waals surface area contributed by atoms with Gasteiger partial charge in [0.05, 0.1) is 19.0 Å². The van der Waals surface area contributed by atoms with Crippen LogP contribution in [-0.2, 0) is 16.1 Å². The van der Waals surface area contributed by atoms with Crippen molar-refractivity contribution in [1.29, 1.82) is 0 Å². The SMILES string of the molecule is C[C@@H]1OC=CC[C@H]1OCc1ccccc1. The van der Waals surface area contributed by atoms with Gasteiger partial charge in [-0.3, -0.25) is 0 Å². The van der Waals surface area contributed by atoms with Crippen LogP contribution in [0.1, 0.15) is 18.9 Å². The van der Waals surface area contributed by atoms with Gasteiger partial charge >= 0.3 is 0 Å². The van der Waals surface area contributed by atoms with Crippen LogP contribution in [0.5, 0.6) is 0 Å². The van der Waals surface area contributed by atoms with Crippen LogP contribution in [0, 0.1) is 0 Å². The van der Waals surface area contributed by atoms with Crippen molar-refractivity contribution < 1.29 is 9.47 Å². The quantitative estimate of drug-likeness (QED) is 0.753. The minimum absolute atomic E-state index is 0.152. The number of rotatable bonds is 3. The molecule has 0 radical (unpaired) electrons. The molecule has 0 bridgehead atoms. The summed E-state index contributed by atoms with van der Waals surface area (Å²) in [4.78, 5) is 0. The second-order valence-corrected chi connectivity index (χ2v) is 3.78. The van der Waals surface area contributed by atoms with Gasteiger partial charge in [0.15, 0.2) is 0 Å². The molecule has 1 heterocycles. The zero-order valence-electron chi connectivity index (χ0n) is 8.93. The van der Waals surface area contributed by atoms with Gasteiger partial charge in [-0.2, -0.15) is 0 Å². The molecule has 0 N–H and O–H groups in total. The monoisotopic (exact) mass is 204 g/mol. The van der Waals surface area contributed by atoms with Crippen LogP contribution in [-0.4, -0.2) is 12.2 Å². The topological polar surface area (TPSA) is 18.5 Å². The fourth-order valence-corrected chi connectivity index (χ4v) is 1.63. The lowest BCUT2D eigenvalue weighted by Crippen LogP contribution is -2.29. The molecule has 0 aliphatic carbocycles. The Balaban J connectivity index is 1.85. The summed E-state index contributed by atoms with van der Waals surface area (Å²) in [5.41, 5.74) is 1.21. The van der Waals surface area contributed by atoms with E-state index in [0.29, 0.717) is 6.61 Å². The van der Waals surface area contributed by atoms with Crippen LogP contribution >= 0.6 is 0 Å². The van der Waals surface area contributed by atoms with Gasteiger partial charge in [-0.05, 0) is 25.0 Å². The third kappa shape index (κ3) is 2.83. The largest absolute Gasteiger partial charge is 0.496 e. The van der Waals surface area contributed by atoms with Gasteiger partial charge in [-0.1, -0.05) is 30.3 Å². The van der Waals surface area contributed by atoms with E-state index < -0.39 is 0 Å². The first-order chi connectivity index (χ1) is 7.36. The Bertz CT molecular complexity index is 319. The maximum Gasteiger partial charge on any atom is 0.121 e. The van der Waals surface area contributed by atoms with Crippen molar-refractivity contribution in [3.8, 4) is 0 Å². The fraction of sp³-hybridized carbons (Fsp3) is 0.385. The maximum absolute atomic E-state index is 5.80. The Hall–Kier alpha value is -1.28. The van der Waals surface area contributed by atoms with E-state index in [4.69, 9.17) is 9.47 Å². The second kappa shape index (κ2) is 4.99. The van der Waals surface area contributed by atoms with Gasteiger partial charge < -0.3 is 9.47 Å². The highest BCUT2D eigenvalue weighted by Gasteiger charge is 2.19. The lowest BCUT2D eigenvalue weighted by molar-refractivity contribution is -0.0504. The van der Waals surface area contributed by atoms with Crippen molar-refractivity contribution in [1.82, 2.24) is 0 Å². The number of hydrogen-bond acceptors (Lipinski definition) is 2. The highest BCUT2D eigenvalue weighted by molar-refractivity contribution is 5.13. The van der Waals surface area contributed by atoms with E-state index in [9.17, 15) is 0 Å². The molecule has 1 aromatic carbocycles. The average molecular weight is 204 g/mol. The summed E-state index contributed by atoms with van der Waals surface area (Å²) in [5, 5.41) is 0. The average Bonchev–Trinajstić information content (AvgIpc) is 2.29. The predicted octanol–water partition coefficient (Wildman–Crippen LogP) is 2.89. The molecule has 2 heteroatoms. The van der Waals surface area contributed by atoms with E-state index in [2.05, 4.69) is 12.1 Å². The van der Waals surface area contributed by atoms with Crippen LogP contribution in [0.15, 0.2) is 42.7 Å². The van der Waals surface area contributed by atoms with Gasteiger partial charge in [0.25, 0.3) is 0 Å². The van der Waals surface area contributed by atoms with Crippen LogP contribution < -0.4 is 0 Å². The van der Waals surface area contributed by atoms with E-state index in [1.165, 1.54) is 5.56 Å². The van der Waals surface area contributed by atoms with Crippen molar-refractivity contribution in [3.63, 3.8) is 0 Å². The van der Waals surface area contributed by atoms with Gasteiger partial charge in [-0.15, -0.1) is 0 Å². The van der Waals surface area contributed by atoms with Crippen molar-refractivity contribution in [2.45, 2.75) is 32.2 Å². The first-order valence-corrected chi connectivity index (χ1v) is 5.32. The third-order valence-corrected chi connectivity index (χ3v) is 2.59. The Morgan fingerprint density at radius 2 is 2.13 bits per heavy atom. The molecule has 0 spiro atoms.